The molecule has 18 heavy (non-hydrogen) atoms. The molecule has 0 saturated heterocycles. The minimum atomic E-state index is -0.0549. The molecule has 3 nitrogen and oxygen atoms in total. The first-order valence-corrected chi connectivity index (χ1v) is 6.27. The zero-order chi connectivity index (χ0) is 13.5. The summed E-state index contributed by atoms with van der Waals surface area (Å²) in [4.78, 5) is 0. The molecule has 0 aliphatic rings. The zero-order valence-electron chi connectivity index (χ0n) is 11.1. The van der Waals surface area contributed by atoms with Crippen LogP contribution in [0, 0.1) is 0 Å². The highest BCUT2D eigenvalue weighted by Gasteiger charge is 2.10. The molecule has 3 heteroatoms. The van der Waals surface area contributed by atoms with Crippen molar-refractivity contribution >= 4 is 0 Å². The molecular weight excluding hydrogens is 228 g/mol. The van der Waals surface area contributed by atoms with Gasteiger partial charge in [-0.15, -0.1) is 0 Å². The van der Waals surface area contributed by atoms with Gasteiger partial charge in [0.05, 0.1) is 13.2 Å². The maximum Gasteiger partial charge on any atom is 0.119 e. The number of hydrogen-bond acceptors (Lipinski definition) is 3. The predicted octanol–water partition coefficient (Wildman–Crippen LogP) is 2.71. The summed E-state index contributed by atoms with van der Waals surface area (Å²) in [6.45, 7) is 4.01. The first-order chi connectivity index (χ1) is 8.58. The maximum atomic E-state index is 9.88. The Balaban J connectivity index is 2.64. The van der Waals surface area contributed by atoms with Gasteiger partial charge in [-0.25, -0.2) is 0 Å². The number of aliphatic hydroxyl groups is 2. The topological polar surface area (TPSA) is 60.7 Å². The summed E-state index contributed by atoms with van der Waals surface area (Å²) in [5.41, 5.74) is 2.60. The third-order valence-corrected chi connectivity index (χ3v) is 3.15. The van der Waals surface area contributed by atoms with E-state index in [1.807, 2.05) is 25.1 Å². The number of allylic oxidation sites excluding steroid dienone is 1. The molecule has 100 valence electrons. The SMILES string of the molecule is C/C(=C\CCC(C)c1ccc(CO)cc1O)CO. The van der Waals surface area contributed by atoms with Crippen molar-refractivity contribution in [2.24, 2.45) is 0 Å². The van der Waals surface area contributed by atoms with Crippen LogP contribution < -0.4 is 0 Å². The van der Waals surface area contributed by atoms with Crippen LogP contribution in [0.1, 0.15) is 43.7 Å². The Morgan fingerprint density at radius 1 is 1.33 bits per heavy atom. The van der Waals surface area contributed by atoms with Crippen LogP contribution in [-0.4, -0.2) is 21.9 Å². The molecule has 1 unspecified atom stereocenters. The van der Waals surface area contributed by atoms with E-state index in [1.54, 1.807) is 6.07 Å². The van der Waals surface area contributed by atoms with Crippen molar-refractivity contribution in [3.63, 3.8) is 0 Å². The van der Waals surface area contributed by atoms with E-state index in [0.717, 1.165) is 29.5 Å². The standard InChI is InChI=1S/C15H22O3/c1-11(9-16)4-3-5-12(2)14-7-6-13(10-17)8-15(14)18/h4,6-8,12,16-18H,3,5,9-10H2,1-2H3/b11-4+. The molecule has 1 atom stereocenters. The van der Waals surface area contributed by atoms with Crippen LogP contribution in [0.4, 0.5) is 0 Å². The molecule has 0 aliphatic heterocycles. The van der Waals surface area contributed by atoms with Crippen molar-refractivity contribution in [1.82, 2.24) is 0 Å². The van der Waals surface area contributed by atoms with Gasteiger partial charge in [-0.3, -0.25) is 0 Å². The molecule has 0 aromatic heterocycles. The second-order valence-corrected chi connectivity index (χ2v) is 4.74. The molecule has 0 bridgehead atoms. The Labute approximate surface area is 108 Å². The first-order valence-electron chi connectivity index (χ1n) is 6.27. The van der Waals surface area contributed by atoms with E-state index >= 15 is 0 Å². The average molecular weight is 250 g/mol. The molecule has 0 spiro atoms. The lowest BCUT2D eigenvalue weighted by atomic mass is 9.94. The number of phenols is 1. The fraction of sp³-hybridized carbons (Fsp3) is 0.467. The lowest BCUT2D eigenvalue weighted by Crippen LogP contribution is -1.95. The van der Waals surface area contributed by atoms with Gasteiger partial charge in [0.2, 0.25) is 0 Å². The van der Waals surface area contributed by atoms with Crippen molar-refractivity contribution in [2.75, 3.05) is 6.61 Å². The van der Waals surface area contributed by atoms with Gasteiger partial charge in [-0.2, -0.15) is 0 Å². The van der Waals surface area contributed by atoms with Crippen molar-refractivity contribution in [3.8, 4) is 5.75 Å². The smallest absolute Gasteiger partial charge is 0.119 e. The fourth-order valence-electron chi connectivity index (χ4n) is 1.90. The summed E-state index contributed by atoms with van der Waals surface area (Å²) >= 11 is 0. The van der Waals surface area contributed by atoms with Crippen LogP contribution in [-0.2, 0) is 6.61 Å². The van der Waals surface area contributed by atoms with Crippen LogP contribution in [0.3, 0.4) is 0 Å². The summed E-state index contributed by atoms with van der Waals surface area (Å²) in [7, 11) is 0. The Morgan fingerprint density at radius 2 is 2.06 bits per heavy atom. The second-order valence-electron chi connectivity index (χ2n) is 4.74. The number of aliphatic hydroxyl groups excluding tert-OH is 2. The van der Waals surface area contributed by atoms with Gasteiger partial charge in [-0.1, -0.05) is 30.7 Å². The Hall–Kier alpha value is -1.32. The van der Waals surface area contributed by atoms with Gasteiger partial charge in [0.15, 0.2) is 0 Å². The zero-order valence-corrected chi connectivity index (χ0v) is 11.1. The van der Waals surface area contributed by atoms with Crippen LogP contribution in [0.25, 0.3) is 0 Å². The van der Waals surface area contributed by atoms with Gasteiger partial charge in [0, 0.05) is 0 Å². The third kappa shape index (κ3) is 4.17. The fourth-order valence-corrected chi connectivity index (χ4v) is 1.90. The molecular formula is C15H22O3. The molecule has 0 radical (unpaired) electrons. The van der Waals surface area contributed by atoms with E-state index in [-0.39, 0.29) is 24.9 Å². The average Bonchev–Trinajstić information content (AvgIpc) is 2.37. The molecule has 1 rings (SSSR count). The summed E-state index contributed by atoms with van der Waals surface area (Å²) in [6.07, 6.45) is 3.83. The summed E-state index contributed by atoms with van der Waals surface area (Å²) in [5.74, 6) is 0.498. The number of benzene rings is 1. The van der Waals surface area contributed by atoms with Gasteiger partial charge in [-0.05, 0) is 42.9 Å². The van der Waals surface area contributed by atoms with Crippen LogP contribution in [0.2, 0.25) is 0 Å². The molecule has 1 aromatic rings. The van der Waals surface area contributed by atoms with E-state index in [2.05, 4.69) is 6.92 Å². The summed E-state index contributed by atoms with van der Waals surface area (Å²) in [6, 6.07) is 5.31. The van der Waals surface area contributed by atoms with Crippen molar-refractivity contribution in [2.45, 2.75) is 39.2 Å². The lowest BCUT2D eigenvalue weighted by molar-refractivity contribution is 0.281. The molecule has 3 N–H and O–H groups in total. The van der Waals surface area contributed by atoms with E-state index < -0.39 is 0 Å². The Bertz CT molecular complexity index is 410. The Kier molecular flexibility index (Phi) is 5.89. The van der Waals surface area contributed by atoms with E-state index in [9.17, 15) is 5.11 Å². The maximum absolute atomic E-state index is 9.88. The summed E-state index contributed by atoms with van der Waals surface area (Å²) < 4.78 is 0. The number of aromatic hydroxyl groups is 1. The normalized spacial score (nSPS) is 13.7. The number of phenolic OH excluding ortho intramolecular Hbond substituents is 1. The molecule has 0 aliphatic carbocycles. The van der Waals surface area contributed by atoms with Crippen LogP contribution in [0.5, 0.6) is 5.75 Å². The van der Waals surface area contributed by atoms with E-state index in [4.69, 9.17) is 10.2 Å². The minimum Gasteiger partial charge on any atom is -0.508 e. The van der Waals surface area contributed by atoms with Gasteiger partial charge < -0.3 is 15.3 Å². The molecule has 0 heterocycles. The monoisotopic (exact) mass is 250 g/mol. The van der Waals surface area contributed by atoms with E-state index in [0.29, 0.717) is 0 Å². The molecule has 0 amide bonds. The third-order valence-electron chi connectivity index (χ3n) is 3.15. The van der Waals surface area contributed by atoms with Crippen molar-refractivity contribution in [3.05, 3.63) is 41.0 Å². The van der Waals surface area contributed by atoms with Crippen molar-refractivity contribution in [1.29, 1.82) is 0 Å². The summed E-state index contributed by atoms with van der Waals surface area (Å²) in [5, 5.41) is 27.7. The van der Waals surface area contributed by atoms with Crippen molar-refractivity contribution < 1.29 is 15.3 Å². The second kappa shape index (κ2) is 7.19. The van der Waals surface area contributed by atoms with Crippen LogP contribution >= 0.6 is 0 Å². The highest BCUT2D eigenvalue weighted by atomic mass is 16.3. The van der Waals surface area contributed by atoms with Gasteiger partial charge >= 0.3 is 0 Å². The first kappa shape index (κ1) is 14.7. The Morgan fingerprint density at radius 3 is 2.61 bits per heavy atom. The van der Waals surface area contributed by atoms with Gasteiger partial charge in [0.1, 0.15) is 5.75 Å². The predicted molar refractivity (Wildman–Crippen MR) is 72.5 cm³/mol. The molecule has 1 aromatic carbocycles. The molecule has 0 fully saturated rings. The number of rotatable bonds is 6. The quantitative estimate of drug-likeness (QED) is 0.680. The van der Waals surface area contributed by atoms with Crippen LogP contribution in [0.15, 0.2) is 29.8 Å². The highest BCUT2D eigenvalue weighted by molar-refractivity contribution is 5.38. The van der Waals surface area contributed by atoms with Gasteiger partial charge in [0.25, 0.3) is 0 Å². The molecule has 0 saturated carbocycles. The minimum absolute atomic E-state index is 0.0549. The largest absolute Gasteiger partial charge is 0.508 e. The van der Waals surface area contributed by atoms with E-state index in [1.165, 1.54) is 0 Å². The lowest BCUT2D eigenvalue weighted by Gasteiger charge is -2.13. The number of hydrogen-bond donors (Lipinski definition) is 3. The highest BCUT2D eigenvalue weighted by Crippen LogP contribution is 2.29.